The van der Waals surface area contributed by atoms with Crippen molar-refractivity contribution in [3.63, 3.8) is 0 Å². The number of rotatable bonds is 7. The molecule has 5 rings (SSSR count). The molecule has 0 spiro atoms. The van der Waals surface area contributed by atoms with E-state index in [1.807, 2.05) is 6.07 Å². The zero-order valence-electron chi connectivity index (χ0n) is 22.1. The van der Waals surface area contributed by atoms with Gasteiger partial charge in [-0.3, -0.25) is 20.4 Å². The molecule has 0 atom stereocenters. The van der Waals surface area contributed by atoms with E-state index in [1.54, 1.807) is 61.5 Å². The maximum absolute atomic E-state index is 13.2. The number of para-hydroxylation sites is 2. The number of nitrogens with one attached hydrogen (secondary N) is 3. The summed E-state index contributed by atoms with van der Waals surface area (Å²) in [6.07, 6.45) is 0. The highest BCUT2D eigenvalue weighted by atomic mass is 16.5. The van der Waals surface area contributed by atoms with Crippen molar-refractivity contribution in [1.29, 1.82) is 0 Å². The molecule has 5 aromatic rings. The zero-order valence-corrected chi connectivity index (χ0v) is 22.1. The normalized spacial score (nSPS) is 10.8. The van der Waals surface area contributed by atoms with Crippen LogP contribution in [0.3, 0.4) is 0 Å². The van der Waals surface area contributed by atoms with Gasteiger partial charge in [0.05, 0.1) is 43.8 Å². The molecular weight excluding hydrogens is 514 g/mol. The van der Waals surface area contributed by atoms with Crippen LogP contribution in [0.1, 0.15) is 26.4 Å². The van der Waals surface area contributed by atoms with Crippen LogP contribution < -0.4 is 25.8 Å². The van der Waals surface area contributed by atoms with E-state index in [-0.39, 0.29) is 28.2 Å². The standard InChI is InChI=1S/C29H25N5O6/c1-15-23(28(37)40-4)24(16-12-13-21(38-2)22(14-16)39-3)32-29(30-15)34-33-27(36)19-10-7-9-18-25(19)31-20-11-6-5-8-17(20)26(18)35/h5-14H,1-4H3,(H,31,35)(H,33,36)(H,30,32,34). The van der Waals surface area contributed by atoms with Crippen molar-refractivity contribution < 1.29 is 23.8 Å². The van der Waals surface area contributed by atoms with Crippen molar-refractivity contribution in [2.75, 3.05) is 26.8 Å². The first-order chi connectivity index (χ1) is 19.4. The summed E-state index contributed by atoms with van der Waals surface area (Å²) in [5, 5.41) is 0.916. The van der Waals surface area contributed by atoms with E-state index < -0.39 is 11.9 Å². The first-order valence-electron chi connectivity index (χ1n) is 12.2. The molecule has 0 aliphatic carbocycles. The lowest BCUT2D eigenvalue weighted by atomic mass is 10.0. The third-order valence-electron chi connectivity index (χ3n) is 6.41. The molecule has 0 aliphatic heterocycles. The predicted octanol–water partition coefficient (Wildman–Crippen LogP) is 4.01. The second-order valence-electron chi connectivity index (χ2n) is 8.72. The summed E-state index contributed by atoms with van der Waals surface area (Å²) >= 11 is 0. The largest absolute Gasteiger partial charge is 0.493 e. The fourth-order valence-electron chi connectivity index (χ4n) is 4.48. The van der Waals surface area contributed by atoms with Crippen molar-refractivity contribution >= 4 is 39.6 Å². The van der Waals surface area contributed by atoms with Gasteiger partial charge < -0.3 is 19.2 Å². The van der Waals surface area contributed by atoms with E-state index >= 15 is 0 Å². The summed E-state index contributed by atoms with van der Waals surface area (Å²) in [7, 11) is 4.29. The minimum absolute atomic E-state index is 0.0301. The minimum atomic E-state index is -0.621. The highest BCUT2D eigenvalue weighted by Gasteiger charge is 2.22. The van der Waals surface area contributed by atoms with Gasteiger partial charge in [0, 0.05) is 21.9 Å². The Kier molecular flexibility index (Phi) is 7.02. The summed E-state index contributed by atoms with van der Waals surface area (Å²) in [5.74, 6) is -0.176. The number of ether oxygens (including phenoxy) is 3. The summed E-state index contributed by atoms with van der Waals surface area (Å²) in [4.78, 5) is 50.9. The lowest BCUT2D eigenvalue weighted by Crippen LogP contribution is -2.31. The second kappa shape index (κ2) is 10.7. The monoisotopic (exact) mass is 539 g/mol. The summed E-state index contributed by atoms with van der Waals surface area (Å²) in [6.45, 7) is 1.63. The fraction of sp³-hybridized carbons (Fsp3) is 0.138. The number of esters is 1. The molecule has 3 N–H and O–H groups in total. The Bertz CT molecular complexity index is 1850. The van der Waals surface area contributed by atoms with Crippen LogP contribution in [0, 0.1) is 6.92 Å². The molecule has 0 unspecified atom stereocenters. The average Bonchev–Trinajstić information content (AvgIpc) is 2.98. The quantitative estimate of drug-likeness (QED) is 0.159. The molecule has 202 valence electrons. The molecule has 2 heterocycles. The summed E-state index contributed by atoms with van der Waals surface area (Å²) in [5.41, 5.74) is 7.68. The van der Waals surface area contributed by atoms with Gasteiger partial charge in [-0.25, -0.2) is 14.8 Å². The molecule has 40 heavy (non-hydrogen) atoms. The van der Waals surface area contributed by atoms with Gasteiger partial charge in [-0.2, -0.15) is 0 Å². The van der Waals surface area contributed by atoms with Crippen LogP contribution in [-0.2, 0) is 4.74 Å². The number of benzene rings is 3. The van der Waals surface area contributed by atoms with Gasteiger partial charge in [-0.05, 0) is 49.4 Å². The number of amides is 1. The molecule has 0 saturated carbocycles. The molecule has 0 aliphatic rings. The molecular formula is C29H25N5O6. The lowest BCUT2D eigenvalue weighted by molar-refractivity contribution is 0.0599. The van der Waals surface area contributed by atoms with Gasteiger partial charge in [-0.1, -0.05) is 18.2 Å². The number of hydrazine groups is 1. The topological polar surface area (TPSA) is 145 Å². The number of aromatic nitrogens is 3. The van der Waals surface area contributed by atoms with E-state index in [1.165, 1.54) is 21.3 Å². The van der Waals surface area contributed by atoms with Crippen LogP contribution in [0.15, 0.2) is 65.5 Å². The number of hydrogen-bond acceptors (Lipinski definition) is 9. The van der Waals surface area contributed by atoms with Gasteiger partial charge in [-0.15, -0.1) is 0 Å². The number of methoxy groups -OCH3 is 3. The van der Waals surface area contributed by atoms with Gasteiger partial charge in [0.1, 0.15) is 5.56 Å². The molecule has 1 amide bonds. The Hall–Kier alpha value is -5.45. The zero-order chi connectivity index (χ0) is 28.4. The van der Waals surface area contributed by atoms with Gasteiger partial charge in [0.25, 0.3) is 5.91 Å². The number of hydrogen-bond donors (Lipinski definition) is 3. The number of nitrogens with zero attached hydrogens (tertiary/aromatic N) is 2. The number of fused-ring (bicyclic) bond motifs is 2. The van der Waals surface area contributed by atoms with Crippen LogP contribution >= 0.6 is 0 Å². The molecule has 11 nitrogen and oxygen atoms in total. The Morgan fingerprint density at radius 2 is 1.62 bits per heavy atom. The van der Waals surface area contributed by atoms with Crippen molar-refractivity contribution in [2.24, 2.45) is 0 Å². The van der Waals surface area contributed by atoms with Gasteiger partial charge >= 0.3 is 5.97 Å². The number of H-pyrrole nitrogens is 1. The van der Waals surface area contributed by atoms with Crippen LogP contribution in [-0.4, -0.2) is 48.2 Å². The van der Waals surface area contributed by atoms with Crippen molar-refractivity contribution in [3.8, 4) is 22.8 Å². The van der Waals surface area contributed by atoms with Crippen LogP contribution in [0.25, 0.3) is 33.1 Å². The second-order valence-corrected chi connectivity index (χ2v) is 8.72. The highest BCUT2D eigenvalue weighted by Crippen LogP contribution is 2.34. The smallest absolute Gasteiger partial charge is 0.341 e. The molecule has 0 radical (unpaired) electrons. The molecule has 0 bridgehead atoms. The summed E-state index contributed by atoms with van der Waals surface area (Å²) < 4.78 is 15.7. The third-order valence-corrected chi connectivity index (χ3v) is 6.41. The fourth-order valence-corrected chi connectivity index (χ4v) is 4.48. The van der Waals surface area contributed by atoms with E-state index in [4.69, 9.17) is 14.2 Å². The Labute approximate surface area is 228 Å². The number of pyridine rings is 1. The summed E-state index contributed by atoms with van der Waals surface area (Å²) in [6, 6.07) is 17.1. The molecule has 0 saturated heterocycles. The Morgan fingerprint density at radius 3 is 2.38 bits per heavy atom. The van der Waals surface area contributed by atoms with Crippen molar-refractivity contribution in [2.45, 2.75) is 6.92 Å². The Morgan fingerprint density at radius 1 is 0.875 bits per heavy atom. The number of anilines is 1. The average molecular weight is 540 g/mol. The first-order valence-corrected chi connectivity index (χ1v) is 12.2. The predicted molar refractivity (Wildman–Crippen MR) is 150 cm³/mol. The molecule has 11 heteroatoms. The maximum atomic E-state index is 13.2. The van der Waals surface area contributed by atoms with E-state index in [2.05, 4.69) is 25.8 Å². The number of carbonyl (C=O) groups is 2. The van der Waals surface area contributed by atoms with Gasteiger partial charge in [0.2, 0.25) is 5.95 Å². The maximum Gasteiger partial charge on any atom is 0.341 e. The van der Waals surface area contributed by atoms with Crippen molar-refractivity contribution in [1.82, 2.24) is 20.4 Å². The highest BCUT2D eigenvalue weighted by molar-refractivity contribution is 6.08. The number of aromatic amines is 1. The number of carbonyl (C=O) groups excluding carboxylic acids is 2. The van der Waals surface area contributed by atoms with Crippen LogP contribution in [0.4, 0.5) is 5.95 Å². The van der Waals surface area contributed by atoms with E-state index in [0.29, 0.717) is 44.6 Å². The third kappa shape index (κ3) is 4.64. The van der Waals surface area contributed by atoms with E-state index in [9.17, 15) is 14.4 Å². The van der Waals surface area contributed by atoms with Crippen molar-refractivity contribution in [3.05, 3.63) is 87.7 Å². The minimum Gasteiger partial charge on any atom is -0.493 e. The first kappa shape index (κ1) is 26.2. The lowest BCUT2D eigenvalue weighted by Gasteiger charge is -2.15. The molecule has 2 aromatic heterocycles. The number of aryl methyl sites for hydroxylation is 1. The van der Waals surface area contributed by atoms with Crippen LogP contribution in [0.5, 0.6) is 11.5 Å². The van der Waals surface area contributed by atoms with E-state index in [0.717, 1.165) is 0 Å². The van der Waals surface area contributed by atoms with Crippen LogP contribution in [0.2, 0.25) is 0 Å². The molecule has 3 aromatic carbocycles. The van der Waals surface area contributed by atoms with Gasteiger partial charge in [0.15, 0.2) is 16.9 Å². The molecule has 0 fully saturated rings. The Balaban J connectivity index is 1.51. The SMILES string of the molecule is COC(=O)c1c(C)nc(NNC(=O)c2cccc3c(=O)c4ccccc4[nH]c23)nc1-c1ccc(OC)c(OC)c1.